The molecule has 4 nitrogen and oxygen atoms in total. The highest BCUT2D eigenvalue weighted by atomic mass is 35.5. The second kappa shape index (κ2) is 7.24. The molecule has 7 heteroatoms. The molecular formula is C15H18ClF2NO3. The van der Waals surface area contributed by atoms with Crippen molar-refractivity contribution in [1.82, 2.24) is 4.90 Å². The molecule has 0 aliphatic carbocycles. The van der Waals surface area contributed by atoms with E-state index in [9.17, 15) is 18.7 Å². The first kappa shape index (κ1) is 17.0. The first-order valence-electron chi connectivity index (χ1n) is 7.08. The molecule has 1 fully saturated rings. The number of carbonyl (C=O) groups is 1. The Bertz CT molecular complexity index is 542. The van der Waals surface area contributed by atoms with Crippen LogP contribution in [-0.4, -0.2) is 35.2 Å². The van der Waals surface area contributed by atoms with E-state index in [1.54, 1.807) is 12.1 Å². The van der Waals surface area contributed by atoms with Gasteiger partial charge in [0.05, 0.1) is 10.9 Å². The third kappa shape index (κ3) is 4.08. The number of hydrogen-bond acceptors (Lipinski definition) is 3. The Balaban J connectivity index is 2.07. The van der Waals surface area contributed by atoms with Gasteiger partial charge in [0.2, 0.25) is 0 Å². The first-order valence-corrected chi connectivity index (χ1v) is 7.46. The monoisotopic (exact) mass is 333 g/mol. The second-order valence-corrected chi connectivity index (χ2v) is 5.85. The van der Waals surface area contributed by atoms with Gasteiger partial charge in [-0.15, -0.1) is 0 Å². The average molecular weight is 334 g/mol. The maximum atomic E-state index is 12.2. The van der Waals surface area contributed by atoms with Crippen LogP contribution >= 0.6 is 11.6 Å². The predicted octanol–water partition coefficient (Wildman–Crippen LogP) is 3.63. The molecule has 0 radical (unpaired) electrons. The zero-order valence-corrected chi connectivity index (χ0v) is 12.9. The van der Waals surface area contributed by atoms with Crippen molar-refractivity contribution in [3.8, 4) is 5.75 Å². The molecule has 1 aliphatic rings. The molecule has 0 spiro atoms. The van der Waals surface area contributed by atoms with E-state index in [4.69, 9.17) is 11.6 Å². The Morgan fingerprint density at radius 3 is 2.86 bits per heavy atom. The fourth-order valence-corrected chi connectivity index (χ4v) is 3.08. The quantitative estimate of drug-likeness (QED) is 0.894. The molecule has 2 atom stereocenters. The molecule has 2 rings (SSSR count). The molecule has 1 aliphatic heterocycles. The van der Waals surface area contributed by atoms with Crippen LogP contribution in [-0.2, 0) is 11.3 Å². The van der Waals surface area contributed by atoms with E-state index in [0.29, 0.717) is 13.0 Å². The van der Waals surface area contributed by atoms with E-state index >= 15 is 0 Å². The second-order valence-electron chi connectivity index (χ2n) is 5.44. The lowest BCUT2D eigenvalue weighted by Gasteiger charge is -2.37. The third-order valence-electron chi connectivity index (χ3n) is 4.03. The van der Waals surface area contributed by atoms with Crippen LogP contribution in [0.5, 0.6) is 5.75 Å². The van der Waals surface area contributed by atoms with Gasteiger partial charge < -0.3 is 9.84 Å². The largest absolute Gasteiger partial charge is 0.481 e. The summed E-state index contributed by atoms with van der Waals surface area (Å²) < 4.78 is 28.7. The van der Waals surface area contributed by atoms with Crippen molar-refractivity contribution in [1.29, 1.82) is 0 Å². The molecule has 0 aromatic heterocycles. The Hall–Kier alpha value is -1.40. The van der Waals surface area contributed by atoms with Gasteiger partial charge >= 0.3 is 12.6 Å². The lowest BCUT2D eigenvalue weighted by molar-refractivity contribution is -0.145. The molecule has 1 N–H and O–H groups in total. The summed E-state index contributed by atoms with van der Waals surface area (Å²) in [6.07, 6.45) is 1.50. The number of carboxylic acid groups (broad SMARTS) is 1. The number of piperidine rings is 1. The Kier molecular flexibility index (Phi) is 5.58. The van der Waals surface area contributed by atoms with Crippen LogP contribution in [0.3, 0.4) is 0 Å². The average Bonchev–Trinajstić information content (AvgIpc) is 2.43. The Labute approximate surface area is 132 Å². The van der Waals surface area contributed by atoms with E-state index in [1.165, 1.54) is 6.07 Å². The minimum Gasteiger partial charge on any atom is -0.481 e. The number of alkyl halides is 2. The number of likely N-dealkylation sites (tertiary alicyclic amines) is 1. The summed E-state index contributed by atoms with van der Waals surface area (Å²) in [6, 6.07) is 4.58. The van der Waals surface area contributed by atoms with Gasteiger partial charge in [-0.1, -0.05) is 17.7 Å². The molecule has 0 bridgehead atoms. The maximum Gasteiger partial charge on any atom is 0.387 e. The highest BCUT2D eigenvalue weighted by Gasteiger charge is 2.32. The molecule has 1 aromatic rings. The predicted molar refractivity (Wildman–Crippen MR) is 78.3 cm³/mol. The van der Waals surface area contributed by atoms with Crippen molar-refractivity contribution in [3.05, 3.63) is 28.8 Å². The highest BCUT2D eigenvalue weighted by Crippen LogP contribution is 2.29. The van der Waals surface area contributed by atoms with Crippen LogP contribution in [0.1, 0.15) is 25.3 Å². The SMILES string of the molecule is C[C@@H]1[C@H](C(=O)O)CCCN1Cc1ccc(OC(F)F)c(Cl)c1. The van der Waals surface area contributed by atoms with E-state index in [0.717, 1.165) is 18.5 Å². The minimum absolute atomic E-state index is 0.0597. The fourth-order valence-electron chi connectivity index (χ4n) is 2.84. The van der Waals surface area contributed by atoms with Crippen LogP contribution in [0.15, 0.2) is 18.2 Å². The number of aliphatic carboxylic acids is 1. The van der Waals surface area contributed by atoms with Crippen LogP contribution in [0.4, 0.5) is 8.78 Å². The van der Waals surface area contributed by atoms with Gasteiger partial charge in [-0.2, -0.15) is 8.78 Å². The Morgan fingerprint density at radius 1 is 1.55 bits per heavy atom. The summed E-state index contributed by atoms with van der Waals surface area (Å²) in [5, 5.41) is 9.34. The van der Waals surface area contributed by atoms with Gasteiger partial charge in [-0.05, 0) is 44.0 Å². The highest BCUT2D eigenvalue weighted by molar-refractivity contribution is 6.32. The van der Waals surface area contributed by atoms with Crippen LogP contribution < -0.4 is 4.74 Å². The van der Waals surface area contributed by atoms with Crippen LogP contribution in [0.25, 0.3) is 0 Å². The number of rotatable bonds is 5. The molecule has 1 heterocycles. The summed E-state index contributed by atoms with van der Waals surface area (Å²) in [5.74, 6) is -1.22. The molecule has 0 saturated carbocycles. The van der Waals surface area contributed by atoms with Crippen molar-refractivity contribution in [3.63, 3.8) is 0 Å². The standard InChI is InChI=1S/C15H18ClF2NO3/c1-9-11(14(20)21)3-2-6-19(9)8-10-4-5-13(12(16)7-10)22-15(17)18/h4-5,7,9,11,15H,2-3,6,8H2,1H3,(H,20,21)/t9-,11-/m1/s1. The Morgan fingerprint density at radius 2 is 2.27 bits per heavy atom. The van der Waals surface area contributed by atoms with Gasteiger partial charge in [0.1, 0.15) is 5.75 Å². The number of hydrogen-bond donors (Lipinski definition) is 1. The summed E-state index contributed by atoms with van der Waals surface area (Å²) >= 11 is 5.94. The first-order chi connectivity index (χ1) is 10.4. The van der Waals surface area contributed by atoms with E-state index < -0.39 is 12.6 Å². The normalized spacial score (nSPS) is 22.8. The summed E-state index contributed by atoms with van der Waals surface area (Å²) in [7, 11) is 0. The van der Waals surface area contributed by atoms with E-state index in [2.05, 4.69) is 9.64 Å². The van der Waals surface area contributed by atoms with E-state index in [-0.39, 0.29) is 22.7 Å². The number of nitrogens with zero attached hydrogens (tertiary/aromatic N) is 1. The summed E-state index contributed by atoms with van der Waals surface area (Å²) in [4.78, 5) is 13.3. The number of ether oxygens (including phenoxy) is 1. The molecular weight excluding hydrogens is 316 g/mol. The number of benzene rings is 1. The number of halogens is 3. The lowest BCUT2D eigenvalue weighted by Crippen LogP contribution is -2.45. The van der Waals surface area contributed by atoms with Crippen molar-refractivity contribution in [2.24, 2.45) is 5.92 Å². The minimum atomic E-state index is -2.92. The van der Waals surface area contributed by atoms with Gasteiger partial charge in [-0.25, -0.2) is 0 Å². The van der Waals surface area contributed by atoms with E-state index in [1.807, 2.05) is 6.92 Å². The molecule has 1 saturated heterocycles. The fraction of sp³-hybridized carbons (Fsp3) is 0.533. The number of carboxylic acids is 1. The molecule has 22 heavy (non-hydrogen) atoms. The molecule has 1 aromatic carbocycles. The third-order valence-corrected chi connectivity index (χ3v) is 4.33. The van der Waals surface area contributed by atoms with Gasteiger partial charge in [0, 0.05) is 12.6 Å². The van der Waals surface area contributed by atoms with Gasteiger partial charge in [0.15, 0.2) is 0 Å². The van der Waals surface area contributed by atoms with Crippen LogP contribution in [0.2, 0.25) is 5.02 Å². The lowest BCUT2D eigenvalue weighted by atomic mass is 9.90. The molecule has 0 amide bonds. The van der Waals surface area contributed by atoms with Crippen molar-refractivity contribution < 1.29 is 23.4 Å². The summed E-state index contributed by atoms with van der Waals surface area (Å²) in [6.45, 7) is 0.312. The van der Waals surface area contributed by atoms with Gasteiger partial charge in [-0.3, -0.25) is 9.69 Å². The van der Waals surface area contributed by atoms with Gasteiger partial charge in [0.25, 0.3) is 0 Å². The summed E-state index contributed by atoms with van der Waals surface area (Å²) in [5.41, 5.74) is 0.838. The smallest absolute Gasteiger partial charge is 0.387 e. The van der Waals surface area contributed by atoms with Crippen molar-refractivity contribution in [2.45, 2.75) is 39.0 Å². The molecule has 0 unspecified atom stereocenters. The zero-order valence-electron chi connectivity index (χ0n) is 12.1. The van der Waals surface area contributed by atoms with Crippen molar-refractivity contribution >= 4 is 17.6 Å². The zero-order chi connectivity index (χ0) is 16.3. The maximum absolute atomic E-state index is 12.2. The molecule has 122 valence electrons. The van der Waals surface area contributed by atoms with Crippen LogP contribution in [0, 0.1) is 5.92 Å². The topological polar surface area (TPSA) is 49.8 Å². The van der Waals surface area contributed by atoms with Crippen molar-refractivity contribution in [2.75, 3.05) is 6.54 Å².